The molecule has 3 rings (SSSR count). The van der Waals surface area contributed by atoms with Crippen molar-refractivity contribution in [1.29, 1.82) is 0 Å². The molecule has 1 heterocycles. The third-order valence-corrected chi connectivity index (χ3v) is 3.85. The number of nitrogens with two attached hydrogens (primary N) is 1. The highest BCUT2D eigenvalue weighted by Crippen LogP contribution is 2.27. The van der Waals surface area contributed by atoms with E-state index in [2.05, 4.69) is 24.0 Å². The molecule has 0 saturated carbocycles. The van der Waals surface area contributed by atoms with Gasteiger partial charge < -0.3 is 5.73 Å². The lowest BCUT2D eigenvalue weighted by Gasteiger charge is -2.11. The minimum Gasteiger partial charge on any atom is -0.383 e. The summed E-state index contributed by atoms with van der Waals surface area (Å²) in [6, 6.07) is 8.20. The summed E-state index contributed by atoms with van der Waals surface area (Å²) in [5.41, 5.74) is 10.8. The van der Waals surface area contributed by atoms with Crippen LogP contribution in [0.5, 0.6) is 0 Å². The fraction of sp³-hybridized carbons (Fsp3) is 0.375. The molecule has 3 nitrogen and oxygen atoms in total. The van der Waals surface area contributed by atoms with E-state index in [9.17, 15) is 0 Å². The van der Waals surface area contributed by atoms with Gasteiger partial charge in [-0.15, -0.1) is 0 Å². The van der Waals surface area contributed by atoms with Crippen LogP contribution in [0, 0.1) is 6.92 Å². The Morgan fingerprint density at radius 3 is 2.63 bits per heavy atom. The molecular formula is C16H19N3. The van der Waals surface area contributed by atoms with E-state index in [0.717, 1.165) is 29.9 Å². The first-order valence-electron chi connectivity index (χ1n) is 6.97. The van der Waals surface area contributed by atoms with E-state index in [0.29, 0.717) is 5.82 Å². The quantitative estimate of drug-likeness (QED) is 0.793. The molecule has 1 aliphatic rings. The van der Waals surface area contributed by atoms with E-state index in [4.69, 9.17) is 10.7 Å². The summed E-state index contributed by atoms with van der Waals surface area (Å²) >= 11 is 0. The monoisotopic (exact) mass is 253 g/mol. The number of anilines is 1. The third kappa shape index (κ3) is 2.33. The van der Waals surface area contributed by atoms with Gasteiger partial charge in [-0.1, -0.05) is 30.7 Å². The van der Waals surface area contributed by atoms with Gasteiger partial charge in [-0.05, 0) is 38.2 Å². The molecule has 0 spiro atoms. The van der Waals surface area contributed by atoms with Crippen LogP contribution in [0.2, 0.25) is 0 Å². The molecule has 0 radical (unpaired) electrons. The maximum atomic E-state index is 6.15. The molecule has 0 saturated heterocycles. The lowest BCUT2D eigenvalue weighted by Crippen LogP contribution is -2.06. The first-order valence-corrected chi connectivity index (χ1v) is 6.97. The molecule has 0 bridgehead atoms. The summed E-state index contributed by atoms with van der Waals surface area (Å²) in [5.74, 6) is 1.45. The van der Waals surface area contributed by atoms with E-state index in [-0.39, 0.29) is 0 Å². The van der Waals surface area contributed by atoms with Crippen molar-refractivity contribution >= 4 is 5.82 Å². The Bertz CT molecular complexity index is 605. The van der Waals surface area contributed by atoms with Crippen molar-refractivity contribution in [2.24, 2.45) is 0 Å². The highest BCUT2D eigenvalue weighted by atomic mass is 15.0. The van der Waals surface area contributed by atoms with E-state index in [1.807, 2.05) is 12.1 Å². The Balaban J connectivity index is 2.12. The van der Waals surface area contributed by atoms with Crippen LogP contribution in [0.3, 0.4) is 0 Å². The minimum atomic E-state index is 0.671. The van der Waals surface area contributed by atoms with Gasteiger partial charge in [0.15, 0.2) is 5.82 Å². The van der Waals surface area contributed by atoms with Crippen LogP contribution >= 0.6 is 0 Å². The van der Waals surface area contributed by atoms with Crippen molar-refractivity contribution in [1.82, 2.24) is 9.97 Å². The van der Waals surface area contributed by atoms with Gasteiger partial charge in [0, 0.05) is 16.8 Å². The Labute approximate surface area is 113 Å². The van der Waals surface area contributed by atoms with Gasteiger partial charge in [0.25, 0.3) is 0 Å². The van der Waals surface area contributed by atoms with E-state index in [1.54, 1.807) is 0 Å². The van der Waals surface area contributed by atoms with Gasteiger partial charge in [0.05, 0.1) is 0 Å². The molecule has 1 aliphatic carbocycles. The van der Waals surface area contributed by atoms with Gasteiger partial charge in [-0.25, -0.2) is 9.97 Å². The Morgan fingerprint density at radius 2 is 1.79 bits per heavy atom. The average Bonchev–Trinajstić information content (AvgIpc) is 2.65. The third-order valence-electron chi connectivity index (χ3n) is 3.85. The molecule has 0 atom stereocenters. The molecular weight excluding hydrogens is 234 g/mol. The van der Waals surface area contributed by atoms with Gasteiger partial charge >= 0.3 is 0 Å². The maximum absolute atomic E-state index is 6.15. The number of hydrogen-bond acceptors (Lipinski definition) is 3. The Morgan fingerprint density at radius 1 is 1.00 bits per heavy atom. The second-order valence-corrected chi connectivity index (χ2v) is 5.23. The molecule has 0 aliphatic heterocycles. The van der Waals surface area contributed by atoms with Crippen molar-refractivity contribution < 1.29 is 0 Å². The number of nitrogens with zero attached hydrogens (tertiary/aromatic N) is 2. The lowest BCUT2D eigenvalue weighted by molar-refractivity contribution is 0.709. The summed E-state index contributed by atoms with van der Waals surface area (Å²) in [5, 5.41) is 0. The van der Waals surface area contributed by atoms with Crippen LogP contribution in [-0.2, 0) is 12.8 Å². The highest BCUT2D eigenvalue weighted by Gasteiger charge is 2.16. The van der Waals surface area contributed by atoms with Gasteiger partial charge in [-0.2, -0.15) is 0 Å². The molecule has 2 aromatic rings. The summed E-state index contributed by atoms with van der Waals surface area (Å²) in [6.07, 6.45) is 5.71. The standard InChI is InChI=1S/C16H19N3/c1-11-7-5-6-8-12(11)16-18-14-10-4-2-3-9-13(14)15(17)19-16/h5-8H,2-4,9-10H2,1H3,(H2,17,18,19). The molecule has 1 aromatic carbocycles. The van der Waals surface area contributed by atoms with Crippen molar-refractivity contribution in [3.05, 3.63) is 41.1 Å². The second kappa shape index (κ2) is 5.00. The molecule has 2 N–H and O–H groups in total. The second-order valence-electron chi connectivity index (χ2n) is 5.23. The maximum Gasteiger partial charge on any atom is 0.162 e. The average molecular weight is 253 g/mol. The molecule has 19 heavy (non-hydrogen) atoms. The van der Waals surface area contributed by atoms with Gasteiger partial charge in [0.2, 0.25) is 0 Å². The molecule has 98 valence electrons. The van der Waals surface area contributed by atoms with Gasteiger partial charge in [-0.3, -0.25) is 0 Å². The summed E-state index contributed by atoms with van der Waals surface area (Å²) in [6.45, 7) is 2.08. The van der Waals surface area contributed by atoms with Crippen molar-refractivity contribution in [2.75, 3.05) is 5.73 Å². The summed E-state index contributed by atoms with van der Waals surface area (Å²) in [7, 11) is 0. The zero-order valence-corrected chi connectivity index (χ0v) is 11.3. The van der Waals surface area contributed by atoms with Gasteiger partial charge in [0.1, 0.15) is 5.82 Å². The van der Waals surface area contributed by atoms with Crippen LogP contribution in [0.25, 0.3) is 11.4 Å². The number of rotatable bonds is 1. The van der Waals surface area contributed by atoms with E-state index in [1.165, 1.54) is 30.4 Å². The fourth-order valence-electron chi connectivity index (χ4n) is 2.74. The largest absolute Gasteiger partial charge is 0.383 e. The molecule has 0 amide bonds. The number of hydrogen-bond donors (Lipinski definition) is 1. The van der Waals surface area contributed by atoms with E-state index < -0.39 is 0 Å². The number of nitrogen functional groups attached to an aromatic ring is 1. The topological polar surface area (TPSA) is 51.8 Å². The summed E-state index contributed by atoms with van der Waals surface area (Å²) in [4.78, 5) is 9.30. The Hall–Kier alpha value is -1.90. The van der Waals surface area contributed by atoms with Crippen LogP contribution in [-0.4, -0.2) is 9.97 Å². The number of aromatic nitrogens is 2. The fourth-order valence-corrected chi connectivity index (χ4v) is 2.74. The normalized spacial score (nSPS) is 14.8. The zero-order chi connectivity index (χ0) is 13.2. The van der Waals surface area contributed by atoms with Crippen molar-refractivity contribution in [3.8, 4) is 11.4 Å². The number of fused-ring (bicyclic) bond motifs is 1. The molecule has 1 aromatic heterocycles. The molecule has 0 fully saturated rings. The first-order chi connectivity index (χ1) is 9.25. The smallest absolute Gasteiger partial charge is 0.162 e. The van der Waals surface area contributed by atoms with Crippen LogP contribution in [0.4, 0.5) is 5.82 Å². The minimum absolute atomic E-state index is 0.671. The van der Waals surface area contributed by atoms with Crippen LogP contribution < -0.4 is 5.73 Å². The van der Waals surface area contributed by atoms with E-state index >= 15 is 0 Å². The molecule has 3 heteroatoms. The predicted molar refractivity (Wildman–Crippen MR) is 77.9 cm³/mol. The predicted octanol–water partition coefficient (Wildman–Crippen LogP) is 3.30. The number of aryl methyl sites for hydroxylation is 2. The zero-order valence-electron chi connectivity index (χ0n) is 11.3. The van der Waals surface area contributed by atoms with Crippen LogP contribution in [0.15, 0.2) is 24.3 Å². The SMILES string of the molecule is Cc1ccccc1-c1nc(N)c2c(n1)CCCCC2. The lowest BCUT2D eigenvalue weighted by atomic mass is 10.1. The van der Waals surface area contributed by atoms with Crippen molar-refractivity contribution in [3.63, 3.8) is 0 Å². The van der Waals surface area contributed by atoms with Crippen LogP contribution in [0.1, 0.15) is 36.1 Å². The number of benzene rings is 1. The Kier molecular flexibility index (Phi) is 3.20. The highest BCUT2D eigenvalue weighted by molar-refractivity contribution is 5.62. The molecule has 0 unspecified atom stereocenters. The summed E-state index contributed by atoms with van der Waals surface area (Å²) < 4.78 is 0. The first kappa shape index (κ1) is 12.2. The van der Waals surface area contributed by atoms with Crippen molar-refractivity contribution in [2.45, 2.75) is 39.0 Å².